The first kappa shape index (κ1) is 12.7. The Kier molecular flexibility index (Phi) is 3.35. The van der Waals surface area contributed by atoms with E-state index in [0.717, 1.165) is 10.8 Å². The first-order valence-corrected chi connectivity index (χ1v) is 7.88. The van der Waals surface area contributed by atoms with Crippen molar-refractivity contribution in [3.8, 4) is 11.3 Å². The molecule has 1 saturated carbocycles. The van der Waals surface area contributed by atoms with Crippen molar-refractivity contribution in [2.45, 2.75) is 45.6 Å². The Labute approximate surface area is 118 Å². The average Bonchev–Trinajstić information content (AvgIpc) is 3.09. The molecule has 0 aliphatic heterocycles. The van der Waals surface area contributed by atoms with E-state index in [1.54, 1.807) is 11.3 Å². The van der Waals surface area contributed by atoms with Crippen molar-refractivity contribution in [3.05, 3.63) is 22.8 Å². The standard InChI is InChI=1S/C15H21N3S/c1-10-8-13(11(2)18(10)3)14-9-19-15(17-14)16-12-6-4-5-7-12/h8-9,12H,4-7H2,1-3H3,(H,16,17). The van der Waals surface area contributed by atoms with Gasteiger partial charge in [-0.2, -0.15) is 0 Å². The Morgan fingerprint density at radius 1 is 1.32 bits per heavy atom. The summed E-state index contributed by atoms with van der Waals surface area (Å²) >= 11 is 1.72. The first-order chi connectivity index (χ1) is 9.15. The molecule has 2 heterocycles. The molecule has 3 rings (SSSR count). The van der Waals surface area contributed by atoms with Gasteiger partial charge in [0.05, 0.1) is 5.69 Å². The van der Waals surface area contributed by atoms with E-state index in [1.165, 1.54) is 42.6 Å². The zero-order valence-electron chi connectivity index (χ0n) is 11.9. The van der Waals surface area contributed by atoms with E-state index in [0.29, 0.717) is 6.04 Å². The fraction of sp³-hybridized carbons (Fsp3) is 0.533. The Morgan fingerprint density at radius 3 is 2.68 bits per heavy atom. The molecular formula is C15H21N3S. The molecular weight excluding hydrogens is 254 g/mol. The van der Waals surface area contributed by atoms with Crippen LogP contribution >= 0.6 is 11.3 Å². The highest BCUT2D eigenvalue weighted by Crippen LogP contribution is 2.31. The molecule has 2 aromatic rings. The van der Waals surface area contributed by atoms with Crippen LogP contribution in [-0.2, 0) is 7.05 Å². The normalized spacial score (nSPS) is 16.2. The van der Waals surface area contributed by atoms with Crippen LogP contribution < -0.4 is 5.32 Å². The van der Waals surface area contributed by atoms with Gasteiger partial charge < -0.3 is 9.88 Å². The van der Waals surface area contributed by atoms with Gasteiger partial charge in [-0.3, -0.25) is 0 Å². The van der Waals surface area contributed by atoms with Gasteiger partial charge in [0.15, 0.2) is 5.13 Å². The summed E-state index contributed by atoms with van der Waals surface area (Å²) in [7, 11) is 2.11. The van der Waals surface area contributed by atoms with Gasteiger partial charge in [0, 0.05) is 35.4 Å². The molecule has 3 nitrogen and oxygen atoms in total. The molecule has 0 spiro atoms. The second-order valence-electron chi connectivity index (χ2n) is 5.51. The minimum atomic E-state index is 0.637. The topological polar surface area (TPSA) is 29.9 Å². The lowest BCUT2D eigenvalue weighted by Crippen LogP contribution is -2.13. The van der Waals surface area contributed by atoms with Crippen molar-refractivity contribution in [2.24, 2.45) is 7.05 Å². The number of rotatable bonds is 3. The maximum Gasteiger partial charge on any atom is 0.183 e. The number of nitrogens with one attached hydrogen (secondary N) is 1. The molecule has 2 aromatic heterocycles. The summed E-state index contributed by atoms with van der Waals surface area (Å²) in [6, 6.07) is 2.86. The molecule has 1 aliphatic carbocycles. The molecule has 0 unspecified atom stereocenters. The minimum absolute atomic E-state index is 0.637. The molecule has 1 fully saturated rings. The third kappa shape index (κ3) is 2.41. The van der Waals surface area contributed by atoms with Gasteiger partial charge in [0.1, 0.15) is 0 Å². The number of aryl methyl sites for hydroxylation is 1. The summed E-state index contributed by atoms with van der Waals surface area (Å²) < 4.78 is 2.22. The first-order valence-electron chi connectivity index (χ1n) is 7.00. The Morgan fingerprint density at radius 2 is 2.05 bits per heavy atom. The molecule has 0 saturated heterocycles. The zero-order chi connectivity index (χ0) is 13.4. The summed E-state index contributed by atoms with van der Waals surface area (Å²) in [6.07, 6.45) is 5.29. The van der Waals surface area contributed by atoms with Crippen molar-refractivity contribution in [1.29, 1.82) is 0 Å². The van der Waals surface area contributed by atoms with Gasteiger partial charge in [-0.15, -0.1) is 11.3 Å². The smallest absolute Gasteiger partial charge is 0.183 e. The van der Waals surface area contributed by atoms with Crippen LogP contribution in [0.2, 0.25) is 0 Å². The van der Waals surface area contributed by atoms with Gasteiger partial charge in [-0.05, 0) is 32.8 Å². The molecule has 102 valence electrons. The molecule has 0 amide bonds. The summed E-state index contributed by atoms with van der Waals surface area (Å²) in [5.41, 5.74) is 4.93. The van der Waals surface area contributed by atoms with Gasteiger partial charge in [-0.1, -0.05) is 12.8 Å². The van der Waals surface area contributed by atoms with Gasteiger partial charge in [0.25, 0.3) is 0 Å². The zero-order valence-corrected chi connectivity index (χ0v) is 12.7. The number of hydrogen-bond donors (Lipinski definition) is 1. The van der Waals surface area contributed by atoms with Crippen LogP contribution in [0.25, 0.3) is 11.3 Å². The summed E-state index contributed by atoms with van der Waals surface area (Å²) in [6.45, 7) is 4.30. The van der Waals surface area contributed by atoms with E-state index in [4.69, 9.17) is 4.98 Å². The Hall–Kier alpha value is -1.29. The van der Waals surface area contributed by atoms with Gasteiger partial charge in [0.2, 0.25) is 0 Å². The molecule has 1 aliphatic rings. The predicted octanol–water partition coefficient (Wildman–Crippen LogP) is 4.12. The largest absolute Gasteiger partial charge is 0.359 e. The SMILES string of the molecule is Cc1cc(-c2csc(NC3CCCC3)n2)c(C)n1C. The molecule has 0 bridgehead atoms. The monoisotopic (exact) mass is 275 g/mol. The quantitative estimate of drug-likeness (QED) is 0.913. The van der Waals surface area contributed by atoms with Crippen LogP contribution in [0.3, 0.4) is 0 Å². The summed E-state index contributed by atoms with van der Waals surface area (Å²) in [4.78, 5) is 4.75. The lowest BCUT2D eigenvalue weighted by Gasteiger charge is -2.09. The third-order valence-corrected chi connectivity index (χ3v) is 5.01. The van der Waals surface area contributed by atoms with E-state index in [-0.39, 0.29) is 0 Å². The van der Waals surface area contributed by atoms with Crippen LogP contribution in [-0.4, -0.2) is 15.6 Å². The number of aromatic nitrogens is 2. The van der Waals surface area contributed by atoms with Crippen LogP contribution in [0.4, 0.5) is 5.13 Å². The maximum absolute atomic E-state index is 4.75. The van der Waals surface area contributed by atoms with Gasteiger partial charge in [-0.25, -0.2) is 4.98 Å². The van der Waals surface area contributed by atoms with Crippen LogP contribution in [0.5, 0.6) is 0 Å². The van der Waals surface area contributed by atoms with E-state index < -0.39 is 0 Å². The highest BCUT2D eigenvalue weighted by molar-refractivity contribution is 7.14. The van der Waals surface area contributed by atoms with E-state index in [9.17, 15) is 0 Å². The highest BCUT2D eigenvalue weighted by atomic mass is 32.1. The van der Waals surface area contributed by atoms with Crippen LogP contribution in [0.15, 0.2) is 11.4 Å². The highest BCUT2D eigenvalue weighted by Gasteiger charge is 2.17. The molecule has 4 heteroatoms. The van der Waals surface area contributed by atoms with E-state index in [1.807, 2.05) is 0 Å². The lowest BCUT2D eigenvalue weighted by molar-refractivity contribution is 0.754. The predicted molar refractivity (Wildman–Crippen MR) is 81.9 cm³/mol. The van der Waals surface area contributed by atoms with Crippen molar-refractivity contribution in [2.75, 3.05) is 5.32 Å². The number of anilines is 1. The Bertz CT molecular complexity index is 576. The Balaban J connectivity index is 1.82. The maximum atomic E-state index is 4.75. The molecule has 1 N–H and O–H groups in total. The fourth-order valence-corrected chi connectivity index (χ4v) is 3.61. The molecule has 0 radical (unpaired) electrons. The minimum Gasteiger partial charge on any atom is -0.359 e. The number of hydrogen-bond acceptors (Lipinski definition) is 3. The van der Waals surface area contributed by atoms with E-state index >= 15 is 0 Å². The van der Waals surface area contributed by atoms with Crippen molar-refractivity contribution < 1.29 is 0 Å². The number of thiazole rings is 1. The van der Waals surface area contributed by atoms with Crippen molar-refractivity contribution >= 4 is 16.5 Å². The second-order valence-corrected chi connectivity index (χ2v) is 6.37. The van der Waals surface area contributed by atoms with Gasteiger partial charge >= 0.3 is 0 Å². The van der Waals surface area contributed by atoms with Crippen molar-refractivity contribution in [1.82, 2.24) is 9.55 Å². The molecule has 0 atom stereocenters. The third-order valence-electron chi connectivity index (χ3n) is 4.24. The van der Waals surface area contributed by atoms with Crippen molar-refractivity contribution in [3.63, 3.8) is 0 Å². The molecule has 19 heavy (non-hydrogen) atoms. The summed E-state index contributed by atoms with van der Waals surface area (Å²) in [5, 5.41) is 6.81. The molecule has 0 aromatic carbocycles. The second kappa shape index (κ2) is 5.00. The average molecular weight is 275 g/mol. The van der Waals surface area contributed by atoms with Crippen LogP contribution in [0, 0.1) is 13.8 Å². The summed E-state index contributed by atoms with van der Waals surface area (Å²) in [5.74, 6) is 0. The van der Waals surface area contributed by atoms with Crippen LogP contribution in [0.1, 0.15) is 37.1 Å². The van der Waals surface area contributed by atoms with E-state index in [2.05, 4.69) is 42.2 Å². The number of nitrogens with zero attached hydrogens (tertiary/aromatic N) is 2. The fourth-order valence-electron chi connectivity index (χ4n) is 2.82. The lowest BCUT2D eigenvalue weighted by atomic mass is 10.2.